The van der Waals surface area contributed by atoms with E-state index in [4.69, 9.17) is 0 Å². The molecule has 3 rings (SSSR count). The minimum absolute atomic E-state index is 0.970. The van der Waals surface area contributed by atoms with Crippen molar-refractivity contribution in [1.82, 2.24) is 4.67 Å². The van der Waals surface area contributed by atoms with E-state index in [9.17, 15) is 0 Å². The Morgan fingerprint density at radius 3 is 2.15 bits per heavy atom. The first-order valence-corrected chi connectivity index (χ1v) is 9.12. The van der Waals surface area contributed by atoms with Crippen LogP contribution in [0, 0.1) is 0 Å². The molecule has 0 fully saturated rings. The number of nitrogens with zero attached hydrogens (tertiary/aromatic N) is 1. The Balaban J connectivity index is 2.05. The van der Waals surface area contributed by atoms with Crippen LogP contribution in [0.25, 0.3) is 11.1 Å². The van der Waals surface area contributed by atoms with Gasteiger partial charge in [-0.25, -0.2) is 0 Å². The Morgan fingerprint density at radius 1 is 0.815 bits per heavy atom. The maximum absolute atomic E-state index is 4.42. The number of hydrogen-bond acceptors (Lipinski definition) is 0. The van der Waals surface area contributed by atoms with E-state index in [1.807, 2.05) is 55.6 Å². The van der Waals surface area contributed by atoms with Gasteiger partial charge in [-0.05, 0) is 36.1 Å². The van der Waals surface area contributed by atoms with Crippen LogP contribution in [0.2, 0.25) is 0 Å². The summed E-state index contributed by atoms with van der Waals surface area (Å²) in [6.45, 7) is 4.22. The van der Waals surface area contributed by atoms with Gasteiger partial charge in [-0.2, -0.15) is 4.67 Å². The molecule has 0 aromatic heterocycles. The average molecular weight is 349 g/mol. The number of benzene rings is 3. The Hall–Kier alpha value is -3.41. The third kappa shape index (κ3) is 4.82. The van der Waals surface area contributed by atoms with Crippen molar-refractivity contribution >= 4 is 23.6 Å². The molecule has 1 nitrogen and oxygen atoms in total. The highest BCUT2D eigenvalue weighted by Crippen LogP contribution is 2.28. The fourth-order valence-electron chi connectivity index (χ4n) is 3.01. The van der Waals surface area contributed by atoms with Gasteiger partial charge in [-0.1, -0.05) is 78.4 Å². The zero-order chi connectivity index (χ0) is 18.9. The minimum atomic E-state index is 0.970. The van der Waals surface area contributed by atoms with E-state index < -0.39 is 0 Å². The van der Waals surface area contributed by atoms with Crippen molar-refractivity contribution in [2.75, 3.05) is 0 Å². The molecular formula is C26H23N. The first kappa shape index (κ1) is 18.4. The summed E-state index contributed by atoms with van der Waals surface area (Å²) in [5.74, 6) is 0. The number of hydrogen-bond donors (Lipinski definition) is 0. The molecule has 3 aromatic carbocycles. The Kier molecular flexibility index (Phi) is 6.35. The van der Waals surface area contributed by atoms with E-state index in [1.54, 1.807) is 0 Å². The van der Waals surface area contributed by atoms with Gasteiger partial charge >= 0.3 is 0 Å². The van der Waals surface area contributed by atoms with E-state index in [0.29, 0.717) is 0 Å². The van der Waals surface area contributed by atoms with Crippen molar-refractivity contribution in [2.45, 2.75) is 13.8 Å². The predicted molar refractivity (Wildman–Crippen MR) is 118 cm³/mol. The van der Waals surface area contributed by atoms with E-state index >= 15 is 0 Å². The maximum atomic E-state index is 4.42. The molecule has 0 atom stereocenters. The number of allylic oxidation sites excluding steroid dienone is 4. The molecule has 0 saturated heterocycles. The molecular weight excluding hydrogens is 326 g/mol. The lowest BCUT2D eigenvalue weighted by atomic mass is 9.93. The van der Waals surface area contributed by atoms with Gasteiger partial charge in [0.15, 0.2) is 0 Å². The third-order valence-electron chi connectivity index (χ3n) is 4.36. The molecule has 0 bridgehead atoms. The molecule has 0 unspecified atom stereocenters. The maximum Gasteiger partial charge on any atom is 0.290 e. The van der Waals surface area contributed by atoms with E-state index in [-0.39, 0.29) is 0 Å². The van der Waals surface area contributed by atoms with Gasteiger partial charge in [0.25, 0.3) is 6.21 Å². The van der Waals surface area contributed by atoms with Gasteiger partial charge in [0.05, 0.1) is 0 Å². The minimum Gasteiger partial charge on any atom is -0.187 e. The SMILES string of the molecule is C/C=C/C(=C(/C)c1ccccc1C=[N+]=[C-]c1ccccc1)c1ccccc1. The fraction of sp³-hybridized carbons (Fsp3) is 0.0769. The summed E-state index contributed by atoms with van der Waals surface area (Å²) in [5.41, 5.74) is 6.88. The van der Waals surface area contributed by atoms with Crippen molar-refractivity contribution < 1.29 is 0 Å². The Morgan fingerprint density at radius 2 is 1.44 bits per heavy atom. The van der Waals surface area contributed by atoms with Gasteiger partial charge in [0, 0.05) is 5.56 Å². The van der Waals surface area contributed by atoms with Gasteiger partial charge < -0.3 is 0 Å². The van der Waals surface area contributed by atoms with Crippen LogP contribution in [-0.4, -0.2) is 12.4 Å². The van der Waals surface area contributed by atoms with Gasteiger partial charge in [-0.15, -0.1) is 24.3 Å². The Labute approximate surface area is 161 Å². The largest absolute Gasteiger partial charge is 0.290 e. The van der Waals surface area contributed by atoms with Crippen molar-refractivity contribution in [3.8, 4) is 0 Å². The first-order valence-electron chi connectivity index (χ1n) is 9.12. The summed E-state index contributed by atoms with van der Waals surface area (Å²) in [5, 5.41) is 0. The average Bonchev–Trinajstić information content (AvgIpc) is 2.73. The molecule has 0 aliphatic carbocycles. The lowest BCUT2D eigenvalue weighted by Crippen LogP contribution is -1.96. The molecule has 0 N–H and O–H groups in total. The molecule has 0 radical (unpaired) electrons. The molecule has 1 heteroatoms. The van der Waals surface area contributed by atoms with Crippen LogP contribution in [-0.2, 0) is 0 Å². The van der Waals surface area contributed by atoms with Crippen LogP contribution in [0.5, 0.6) is 0 Å². The topological polar surface area (TPSA) is 14.1 Å². The molecule has 0 saturated carbocycles. The summed E-state index contributed by atoms with van der Waals surface area (Å²) in [7, 11) is 0. The van der Waals surface area contributed by atoms with Crippen LogP contribution in [0.4, 0.5) is 0 Å². The summed E-state index contributed by atoms with van der Waals surface area (Å²) in [6, 6.07) is 28.8. The number of rotatable bonds is 5. The monoisotopic (exact) mass is 349 g/mol. The van der Waals surface area contributed by atoms with Gasteiger partial charge in [-0.3, -0.25) is 0 Å². The second-order valence-corrected chi connectivity index (χ2v) is 6.23. The van der Waals surface area contributed by atoms with Crippen molar-refractivity contribution in [3.63, 3.8) is 0 Å². The zero-order valence-electron chi connectivity index (χ0n) is 15.8. The highest BCUT2D eigenvalue weighted by atomic mass is 14.5. The van der Waals surface area contributed by atoms with Crippen LogP contribution in [0.1, 0.15) is 36.1 Å². The van der Waals surface area contributed by atoms with E-state index in [0.717, 1.165) is 11.1 Å². The van der Waals surface area contributed by atoms with Crippen molar-refractivity contribution in [2.24, 2.45) is 0 Å². The normalized spacial score (nSPS) is 11.6. The second-order valence-electron chi connectivity index (χ2n) is 6.23. The quantitative estimate of drug-likeness (QED) is 0.185. The summed E-state index contributed by atoms with van der Waals surface area (Å²) < 4.78 is 4.42. The zero-order valence-corrected chi connectivity index (χ0v) is 15.8. The molecule has 27 heavy (non-hydrogen) atoms. The molecule has 0 heterocycles. The van der Waals surface area contributed by atoms with Crippen molar-refractivity contribution in [3.05, 3.63) is 119 Å². The summed E-state index contributed by atoms with van der Waals surface area (Å²) in [6.07, 6.45) is 9.21. The first-order chi connectivity index (χ1) is 13.3. The third-order valence-corrected chi connectivity index (χ3v) is 4.36. The predicted octanol–water partition coefficient (Wildman–Crippen LogP) is 5.68. The molecule has 3 aromatic rings. The van der Waals surface area contributed by atoms with Gasteiger partial charge in [0.1, 0.15) is 0 Å². The Bertz CT molecular complexity index is 1000. The van der Waals surface area contributed by atoms with E-state index in [1.165, 1.54) is 22.3 Å². The molecule has 0 aliphatic heterocycles. The lowest BCUT2D eigenvalue weighted by Gasteiger charge is -2.11. The highest BCUT2D eigenvalue weighted by Gasteiger charge is 2.08. The smallest absolute Gasteiger partial charge is 0.187 e. The standard InChI is InChI=1S/C26H23N/c1-3-12-25(23-15-8-5-9-16-23)21(2)26-18-11-10-17-24(26)20-27-19-22-13-6-4-7-14-22/h3-18,20H,1-2H3/b12-3+,25-21+. The highest BCUT2D eigenvalue weighted by molar-refractivity contribution is 5.99. The fourth-order valence-corrected chi connectivity index (χ4v) is 3.01. The van der Waals surface area contributed by atoms with Crippen LogP contribution in [0.15, 0.2) is 97.1 Å². The molecule has 132 valence electrons. The van der Waals surface area contributed by atoms with Crippen LogP contribution in [0.3, 0.4) is 0 Å². The second kappa shape index (κ2) is 9.33. The molecule has 0 spiro atoms. The lowest BCUT2D eigenvalue weighted by molar-refractivity contribution is 1.51. The molecule has 0 aliphatic rings. The van der Waals surface area contributed by atoms with Crippen molar-refractivity contribution in [1.29, 1.82) is 0 Å². The van der Waals surface area contributed by atoms with Gasteiger partial charge in [0.2, 0.25) is 6.21 Å². The van der Waals surface area contributed by atoms with E-state index in [2.05, 4.69) is 72.4 Å². The molecule has 0 amide bonds. The summed E-state index contributed by atoms with van der Waals surface area (Å²) in [4.78, 5) is 0. The summed E-state index contributed by atoms with van der Waals surface area (Å²) >= 11 is 0. The van der Waals surface area contributed by atoms with Crippen LogP contribution < -0.4 is 4.67 Å². The van der Waals surface area contributed by atoms with Crippen LogP contribution >= 0.6 is 0 Å².